The van der Waals surface area contributed by atoms with E-state index < -0.39 is 40.7 Å². The molecule has 16 nitrogen and oxygen atoms in total. The van der Waals surface area contributed by atoms with E-state index in [9.17, 15) is 14.9 Å². The minimum atomic E-state index is -0.758. The first-order chi connectivity index (χ1) is 30.0. The van der Waals surface area contributed by atoms with Crippen LogP contribution in [0.3, 0.4) is 0 Å². The Morgan fingerprint density at radius 2 is 1.31 bits per heavy atom. The number of benzene rings is 5. The number of aromatic nitrogens is 5. The Morgan fingerprint density at radius 3 is 1.93 bits per heavy atom. The van der Waals surface area contributed by atoms with E-state index in [2.05, 4.69) is 25.9 Å². The summed E-state index contributed by atoms with van der Waals surface area (Å²) in [6.07, 6.45) is -1.14. The number of nitro benzene ring substituents is 1. The molecule has 5 atom stereocenters. The van der Waals surface area contributed by atoms with Crippen molar-refractivity contribution in [1.29, 1.82) is 0 Å². The lowest BCUT2D eigenvalue weighted by atomic mass is 9.99. The van der Waals surface area contributed by atoms with Crippen LogP contribution in [-0.2, 0) is 61.4 Å². The molecule has 5 aromatic carbocycles. The van der Waals surface area contributed by atoms with Gasteiger partial charge in [-0.15, -0.1) is 5.10 Å². The number of hydrogen-bond acceptors (Lipinski definition) is 15. The molecule has 1 aliphatic heterocycles. The molecule has 0 amide bonds. The number of nitrogens with zero attached hydrogens (tertiary/aromatic N) is 6. The van der Waals surface area contributed by atoms with Crippen LogP contribution in [0.25, 0.3) is 11.0 Å². The van der Waals surface area contributed by atoms with Crippen molar-refractivity contribution in [2.75, 3.05) is 11.9 Å². The molecule has 1 fully saturated rings. The number of hydrogen-bond donors (Lipinski definition) is 1. The molecule has 0 bridgehead atoms. The summed E-state index contributed by atoms with van der Waals surface area (Å²) in [4.78, 5) is 25.2. The quantitative estimate of drug-likeness (QED) is 0.0491. The monoisotopic (exact) mass is 843 g/mol. The number of thioether (sulfide) groups is 1. The zero-order valence-electron chi connectivity index (χ0n) is 32.7. The topological polar surface area (TPSA) is 188 Å². The van der Waals surface area contributed by atoms with E-state index in [0.717, 1.165) is 21.6 Å². The van der Waals surface area contributed by atoms with Gasteiger partial charge in [0.2, 0.25) is 5.52 Å². The number of nitrogens with one attached hydrogen (secondary N) is 1. The number of rotatable bonds is 19. The number of esters is 1. The van der Waals surface area contributed by atoms with Gasteiger partial charge in [0.05, 0.1) is 43.2 Å². The van der Waals surface area contributed by atoms with Crippen LogP contribution < -0.4 is 5.32 Å². The number of carbonyl (C=O) groups excluding carboxylic acids is 1. The third-order valence-corrected chi connectivity index (χ3v) is 10.9. The van der Waals surface area contributed by atoms with E-state index in [0.29, 0.717) is 18.0 Å². The molecule has 8 rings (SSSR count). The average Bonchev–Trinajstić information content (AvgIpc) is 3.97. The molecule has 312 valence electrons. The highest BCUT2D eigenvalue weighted by atomic mass is 32.2. The minimum absolute atomic E-state index is 0.0188. The molecule has 7 aromatic rings. The lowest BCUT2D eigenvalue weighted by Gasteiger charge is -2.45. The average molecular weight is 844 g/mol. The SMILES string of the molecule is O=C(Cn1cc(CNc2ccc([N+](=O)[O-])c3nonc23)nn1)OC[C@H]1O[C@@H](Sc2ccccc2)[C@H](OCc2ccccc2)[C@@H](OCc2ccccc2)[C@H]1OCc1ccccc1. The zero-order chi connectivity index (χ0) is 41.8. The largest absolute Gasteiger partial charge is 0.461 e. The summed E-state index contributed by atoms with van der Waals surface area (Å²) in [6, 6.07) is 42.4. The standard InChI is InChI=1S/C44H41N7O9S/c52-38(25-50-24-33(46-49-50)23-45-35-21-22-36(51(53)54)40-39(35)47-60-48-40)55-29-37-41(56-26-30-13-5-1-6-14-30)42(57-27-31-15-7-2-8-16-31)43(58-28-32-17-9-3-10-18-32)44(59-37)61-34-19-11-4-12-20-34/h1-22,24,37,41-45H,23,25-29H2/t37-,41+,42+,43-,44+/m1/s1. The fraction of sp³-hybridized carbons (Fsp3) is 0.250. The maximum absolute atomic E-state index is 13.5. The molecule has 3 heterocycles. The molecular weight excluding hydrogens is 803 g/mol. The molecule has 17 heteroatoms. The van der Waals surface area contributed by atoms with Gasteiger partial charge < -0.3 is 29.0 Å². The van der Waals surface area contributed by atoms with Gasteiger partial charge in [0.25, 0.3) is 0 Å². The van der Waals surface area contributed by atoms with Crippen molar-refractivity contribution in [3.63, 3.8) is 0 Å². The Morgan fingerprint density at radius 1 is 0.738 bits per heavy atom. The molecule has 0 aliphatic carbocycles. The van der Waals surface area contributed by atoms with E-state index >= 15 is 0 Å². The number of non-ortho nitro benzene ring substituents is 1. The van der Waals surface area contributed by atoms with Crippen LogP contribution in [0.1, 0.15) is 22.4 Å². The third kappa shape index (κ3) is 10.8. The van der Waals surface area contributed by atoms with Crippen molar-refractivity contribution >= 4 is 40.1 Å². The number of carbonyl (C=O) groups is 1. The summed E-state index contributed by atoms with van der Waals surface area (Å²) < 4.78 is 39.2. The number of ether oxygens (including phenoxy) is 5. The van der Waals surface area contributed by atoms with E-state index in [1.807, 2.05) is 121 Å². The van der Waals surface area contributed by atoms with Gasteiger partial charge in [0, 0.05) is 11.0 Å². The van der Waals surface area contributed by atoms with Crippen molar-refractivity contribution in [2.45, 2.75) is 67.7 Å². The molecule has 0 saturated carbocycles. The first-order valence-electron chi connectivity index (χ1n) is 19.5. The summed E-state index contributed by atoms with van der Waals surface area (Å²) in [5.41, 5.74) is 3.28. The summed E-state index contributed by atoms with van der Waals surface area (Å²) in [7, 11) is 0. The fourth-order valence-corrected chi connectivity index (χ4v) is 7.94. The lowest BCUT2D eigenvalue weighted by Crippen LogP contribution is -2.60. The molecule has 61 heavy (non-hydrogen) atoms. The van der Waals surface area contributed by atoms with Gasteiger partial charge in [-0.2, -0.15) is 0 Å². The van der Waals surface area contributed by atoms with E-state index in [1.165, 1.54) is 28.6 Å². The highest BCUT2D eigenvalue weighted by molar-refractivity contribution is 7.99. The summed E-state index contributed by atoms with van der Waals surface area (Å²) >= 11 is 1.50. The van der Waals surface area contributed by atoms with Gasteiger partial charge in [-0.1, -0.05) is 126 Å². The normalized spacial score (nSPS) is 18.8. The summed E-state index contributed by atoms with van der Waals surface area (Å²) in [5, 5.41) is 30.2. The number of nitro groups is 1. The first kappa shape index (κ1) is 41.2. The first-order valence-corrected chi connectivity index (χ1v) is 20.4. The van der Waals surface area contributed by atoms with Crippen LogP contribution in [0.15, 0.2) is 149 Å². The Balaban J connectivity index is 1.00. The predicted molar refractivity (Wildman–Crippen MR) is 223 cm³/mol. The van der Waals surface area contributed by atoms with Crippen molar-refractivity contribution in [2.24, 2.45) is 0 Å². The third-order valence-electron chi connectivity index (χ3n) is 9.78. The molecule has 0 radical (unpaired) electrons. The lowest BCUT2D eigenvalue weighted by molar-refractivity contribution is -0.383. The second kappa shape index (κ2) is 20.2. The van der Waals surface area contributed by atoms with Gasteiger partial charge in [-0.25, -0.2) is 9.31 Å². The molecular formula is C44H41N7O9S. The number of anilines is 1. The van der Waals surface area contributed by atoms with Crippen LogP contribution in [0.2, 0.25) is 0 Å². The molecule has 2 aromatic heterocycles. The predicted octanol–water partition coefficient (Wildman–Crippen LogP) is 7.15. The second-order valence-corrected chi connectivity index (χ2v) is 15.2. The van der Waals surface area contributed by atoms with Crippen LogP contribution >= 0.6 is 11.8 Å². The second-order valence-electron chi connectivity index (χ2n) is 14.1. The number of fused-ring (bicyclic) bond motifs is 1. The highest BCUT2D eigenvalue weighted by Gasteiger charge is 2.49. The van der Waals surface area contributed by atoms with E-state index in [1.54, 1.807) is 6.20 Å². The van der Waals surface area contributed by atoms with Crippen LogP contribution in [0, 0.1) is 10.1 Å². The highest BCUT2D eigenvalue weighted by Crippen LogP contribution is 2.38. The van der Waals surface area contributed by atoms with Gasteiger partial charge in [0.15, 0.2) is 5.52 Å². The van der Waals surface area contributed by atoms with Gasteiger partial charge in [-0.05, 0) is 45.2 Å². The van der Waals surface area contributed by atoms with Crippen molar-refractivity contribution < 1.29 is 38.0 Å². The Bertz CT molecular complexity index is 2480. The van der Waals surface area contributed by atoms with Crippen molar-refractivity contribution in [1.82, 2.24) is 25.3 Å². The van der Waals surface area contributed by atoms with Crippen molar-refractivity contribution in [3.8, 4) is 0 Å². The van der Waals surface area contributed by atoms with Gasteiger partial charge in [-0.3, -0.25) is 14.9 Å². The van der Waals surface area contributed by atoms with Crippen LogP contribution in [0.5, 0.6) is 0 Å². The smallest absolute Gasteiger partial charge is 0.327 e. The maximum Gasteiger partial charge on any atom is 0.327 e. The van der Waals surface area contributed by atoms with E-state index in [-0.39, 0.29) is 49.6 Å². The van der Waals surface area contributed by atoms with Crippen LogP contribution in [0.4, 0.5) is 11.4 Å². The fourth-order valence-electron chi connectivity index (χ4n) is 6.79. The summed E-state index contributed by atoms with van der Waals surface area (Å²) in [6.45, 7) is 0.631. The zero-order valence-corrected chi connectivity index (χ0v) is 33.5. The molecule has 0 unspecified atom stereocenters. The van der Waals surface area contributed by atoms with Crippen molar-refractivity contribution in [3.05, 3.63) is 172 Å². The van der Waals surface area contributed by atoms with Gasteiger partial charge >= 0.3 is 11.7 Å². The molecule has 0 spiro atoms. The Labute approximate surface area is 354 Å². The molecule has 1 saturated heterocycles. The molecule has 1 aliphatic rings. The summed E-state index contributed by atoms with van der Waals surface area (Å²) in [5.74, 6) is -0.572. The Hall–Kier alpha value is -6.50. The minimum Gasteiger partial charge on any atom is -0.461 e. The van der Waals surface area contributed by atoms with E-state index in [4.69, 9.17) is 28.3 Å². The maximum atomic E-state index is 13.5. The Kier molecular flexibility index (Phi) is 13.6. The van der Waals surface area contributed by atoms with Gasteiger partial charge in [0.1, 0.15) is 48.7 Å². The molecule has 1 N–H and O–H groups in total. The van der Waals surface area contributed by atoms with Crippen LogP contribution in [-0.4, -0.2) is 72.7 Å².